The van der Waals surface area contributed by atoms with Gasteiger partial charge in [0, 0.05) is 26.3 Å². The van der Waals surface area contributed by atoms with Crippen LogP contribution in [0, 0.1) is 11.3 Å². The van der Waals surface area contributed by atoms with Gasteiger partial charge in [-0.2, -0.15) is 5.26 Å². The van der Waals surface area contributed by atoms with E-state index in [1.165, 1.54) is 18.9 Å². The van der Waals surface area contributed by atoms with E-state index in [-0.39, 0.29) is 18.9 Å². The molecule has 0 radical (unpaired) electrons. The fraction of sp³-hybridized carbons (Fsp3) is 0.733. The van der Waals surface area contributed by atoms with Crippen molar-refractivity contribution < 1.29 is 24.2 Å². The number of aliphatic hydroxyl groups excluding tert-OH is 1. The molecule has 0 aromatic heterocycles. The standard InChI is InChI=1S/C15H23N3O5/c1-10(19)18-9-11(20)8-13(18)14(21)17-12(15(22)23-2)6-4-3-5-7-16/h11-13,20H,3-6,8-9H2,1-2H3,(H,17,21)/t11-,12+,13+/m1/s1. The Balaban J connectivity index is 2.66. The molecule has 1 rings (SSSR count). The minimum atomic E-state index is -0.822. The molecule has 0 bridgehead atoms. The van der Waals surface area contributed by atoms with Crippen molar-refractivity contribution in [3.63, 3.8) is 0 Å². The second-order valence-electron chi connectivity index (χ2n) is 5.56. The number of esters is 1. The first-order valence-corrected chi connectivity index (χ1v) is 7.61. The predicted molar refractivity (Wildman–Crippen MR) is 79.8 cm³/mol. The highest BCUT2D eigenvalue weighted by molar-refractivity contribution is 5.90. The molecule has 0 aliphatic carbocycles. The van der Waals surface area contributed by atoms with E-state index in [9.17, 15) is 19.5 Å². The number of β-amino-alcohol motifs (C(OH)–C–C–N with tert-alkyl or cyclic N) is 1. The zero-order valence-electron chi connectivity index (χ0n) is 13.4. The molecule has 1 heterocycles. The van der Waals surface area contributed by atoms with Gasteiger partial charge in [0.05, 0.1) is 19.3 Å². The molecule has 3 atom stereocenters. The summed E-state index contributed by atoms with van der Waals surface area (Å²) < 4.78 is 4.68. The highest BCUT2D eigenvalue weighted by Gasteiger charge is 2.38. The maximum absolute atomic E-state index is 12.3. The minimum absolute atomic E-state index is 0.110. The van der Waals surface area contributed by atoms with Crippen molar-refractivity contribution in [2.24, 2.45) is 0 Å². The third-order valence-electron chi connectivity index (χ3n) is 3.82. The molecule has 128 valence electrons. The van der Waals surface area contributed by atoms with Crippen LogP contribution in [-0.4, -0.2) is 59.6 Å². The Hall–Kier alpha value is -2.14. The van der Waals surface area contributed by atoms with Crippen LogP contribution in [0.1, 0.15) is 39.0 Å². The Kier molecular flexibility index (Phi) is 7.48. The van der Waals surface area contributed by atoms with Gasteiger partial charge in [-0.3, -0.25) is 9.59 Å². The number of nitrogens with zero attached hydrogens (tertiary/aromatic N) is 2. The highest BCUT2D eigenvalue weighted by Crippen LogP contribution is 2.18. The molecule has 1 saturated heterocycles. The van der Waals surface area contributed by atoms with Crippen molar-refractivity contribution in [2.75, 3.05) is 13.7 Å². The Morgan fingerprint density at radius 3 is 2.70 bits per heavy atom. The van der Waals surface area contributed by atoms with E-state index >= 15 is 0 Å². The zero-order valence-corrected chi connectivity index (χ0v) is 13.4. The monoisotopic (exact) mass is 325 g/mol. The van der Waals surface area contributed by atoms with Crippen LogP contribution in [0.3, 0.4) is 0 Å². The Bertz CT molecular complexity index is 488. The van der Waals surface area contributed by atoms with Gasteiger partial charge in [0.2, 0.25) is 11.8 Å². The third-order valence-corrected chi connectivity index (χ3v) is 3.82. The maximum Gasteiger partial charge on any atom is 0.328 e. The number of ether oxygens (including phenoxy) is 1. The number of aliphatic hydroxyl groups is 1. The molecule has 0 unspecified atom stereocenters. The Labute approximate surface area is 135 Å². The molecule has 0 saturated carbocycles. The number of nitrogens with one attached hydrogen (secondary N) is 1. The molecule has 23 heavy (non-hydrogen) atoms. The summed E-state index contributed by atoms with van der Waals surface area (Å²) in [6.45, 7) is 1.44. The van der Waals surface area contributed by atoms with Gasteiger partial charge in [0.15, 0.2) is 0 Å². The van der Waals surface area contributed by atoms with Crippen molar-refractivity contribution in [1.29, 1.82) is 5.26 Å². The molecule has 8 nitrogen and oxygen atoms in total. The van der Waals surface area contributed by atoms with E-state index in [0.29, 0.717) is 25.7 Å². The minimum Gasteiger partial charge on any atom is -0.467 e. The van der Waals surface area contributed by atoms with Crippen molar-refractivity contribution in [1.82, 2.24) is 10.2 Å². The molecular formula is C15H23N3O5. The second-order valence-corrected chi connectivity index (χ2v) is 5.56. The summed E-state index contributed by atoms with van der Waals surface area (Å²) in [6.07, 6.45) is 1.36. The number of amides is 2. The van der Waals surface area contributed by atoms with Crippen molar-refractivity contribution in [3.05, 3.63) is 0 Å². The van der Waals surface area contributed by atoms with Gasteiger partial charge in [-0.25, -0.2) is 4.79 Å². The number of hydrogen-bond acceptors (Lipinski definition) is 6. The normalized spacial score (nSPS) is 21.4. The van der Waals surface area contributed by atoms with E-state index in [1.807, 2.05) is 6.07 Å². The van der Waals surface area contributed by atoms with Crippen molar-refractivity contribution >= 4 is 17.8 Å². The number of nitriles is 1. The fourth-order valence-electron chi connectivity index (χ4n) is 2.62. The van der Waals surface area contributed by atoms with Crippen LogP contribution in [0.2, 0.25) is 0 Å². The van der Waals surface area contributed by atoms with E-state index in [4.69, 9.17) is 5.26 Å². The number of likely N-dealkylation sites (tertiary alicyclic amines) is 1. The molecule has 1 fully saturated rings. The summed E-state index contributed by atoms with van der Waals surface area (Å²) >= 11 is 0. The van der Waals surface area contributed by atoms with Crippen LogP contribution in [0.4, 0.5) is 0 Å². The van der Waals surface area contributed by atoms with Crippen LogP contribution >= 0.6 is 0 Å². The second kappa shape index (κ2) is 9.10. The largest absolute Gasteiger partial charge is 0.467 e. The van der Waals surface area contributed by atoms with Crippen molar-refractivity contribution in [2.45, 2.75) is 57.2 Å². The molecule has 1 aliphatic heterocycles. The first-order valence-electron chi connectivity index (χ1n) is 7.61. The molecule has 2 amide bonds. The average molecular weight is 325 g/mol. The third kappa shape index (κ3) is 5.53. The molecular weight excluding hydrogens is 302 g/mol. The quantitative estimate of drug-likeness (QED) is 0.490. The summed E-state index contributed by atoms with van der Waals surface area (Å²) in [5.41, 5.74) is 0. The van der Waals surface area contributed by atoms with Gasteiger partial charge in [-0.15, -0.1) is 0 Å². The van der Waals surface area contributed by atoms with Crippen molar-refractivity contribution in [3.8, 4) is 6.07 Å². The van der Waals surface area contributed by atoms with E-state index in [1.54, 1.807) is 0 Å². The number of methoxy groups -OCH3 is 1. The van der Waals surface area contributed by atoms with Gasteiger partial charge < -0.3 is 20.1 Å². The molecule has 0 aromatic carbocycles. The first-order chi connectivity index (χ1) is 10.9. The summed E-state index contributed by atoms with van der Waals surface area (Å²) in [5.74, 6) is -1.35. The van der Waals surface area contributed by atoms with E-state index < -0.39 is 30.1 Å². The van der Waals surface area contributed by atoms with Crippen LogP contribution in [-0.2, 0) is 19.1 Å². The fourth-order valence-corrected chi connectivity index (χ4v) is 2.62. The number of carbonyl (C=O) groups excluding carboxylic acids is 3. The lowest BCUT2D eigenvalue weighted by atomic mass is 10.1. The highest BCUT2D eigenvalue weighted by atomic mass is 16.5. The van der Waals surface area contributed by atoms with E-state index in [2.05, 4.69) is 10.1 Å². The van der Waals surface area contributed by atoms with Gasteiger partial charge in [0.25, 0.3) is 0 Å². The number of rotatable bonds is 7. The maximum atomic E-state index is 12.3. The van der Waals surface area contributed by atoms with Crippen LogP contribution < -0.4 is 5.32 Å². The van der Waals surface area contributed by atoms with Gasteiger partial charge in [-0.1, -0.05) is 0 Å². The van der Waals surface area contributed by atoms with E-state index in [0.717, 1.165) is 0 Å². The summed E-state index contributed by atoms with van der Waals surface area (Å²) in [4.78, 5) is 37.0. The Morgan fingerprint density at radius 2 is 2.13 bits per heavy atom. The number of unbranched alkanes of at least 4 members (excludes halogenated alkanes) is 2. The topological polar surface area (TPSA) is 120 Å². The van der Waals surface area contributed by atoms with Gasteiger partial charge in [0.1, 0.15) is 12.1 Å². The average Bonchev–Trinajstić information content (AvgIpc) is 2.91. The van der Waals surface area contributed by atoms with Crippen LogP contribution in [0.5, 0.6) is 0 Å². The number of hydrogen-bond donors (Lipinski definition) is 2. The number of carbonyl (C=O) groups is 3. The predicted octanol–water partition coefficient (Wildman–Crippen LogP) is -0.290. The first kappa shape index (κ1) is 18.9. The van der Waals surface area contributed by atoms with Gasteiger partial charge in [-0.05, 0) is 19.3 Å². The Morgan fingerprint density at radius 1 is 1.43 bits per heavy atom. The molecule has 8 heteroatoms. The molecule has 0 spiro atoms. The SMILES string of the molecule is COC(=O)[C@H](CCCCC#N)NC(=O)[C@@H]1C[C@@H](O)CN1C(C)=O. The lowest BCUT2D eigenvalue weighted by Crippen LogP contribution is -2.50. The molecule has 1 aliphatic rings. The molecule has 2 N–H and O–H groups in total. The van der Waals surface area contributed by atoms with Gasteiger partial charge >= 0.3 is 5.97 Å². The smallest absolute Gasteiger partial charge is 0.328 e. The summed E-state index contributed by atoms with van der Waals surface area (Å²) in [6, 6.07) is 0.413. The zero-order chi connectivity index (χ0) is 17.4. The lowest BCUT2D eigenvalue weighted by Gasteiger charge is -2.24. The summed E-state index contributed by atoms with van der Waals surface area (Å²) in [7, 11) is 1.23. The van der Waals surface area contributed by atoms with Crippen LogP contribution in [0.25, 0.3) is 0 Å². The van der Waals surface area contributed by atoms with Crippen LogP contribution in [0.15, 0.2) is 0 Å². The lowest BCUT2D eigenvalue weighted by molar-refractivity contribution is -0.146. The summed E-state index contributed by atoms with van der Waals surface area (Å²) in [5, 5.41) is 20.8. The molecule has 0 aromatic rings.